The van der Waals surface area contributed by atoms with Gasteiger partial charge in [-0.1, -0.05) is 0 Å². The number of hydrogen-bond donors (Lipinski definition) is 2. The second kappa shape index (κ2) is 8.70. The molecule has 1 fully saturated rings. The van der Waals surface area contributed by atoms with Crippen molar-refractivity contribution in [1.82, 2.24) is 15.3 Å². The minimum absolute atomic E-state index is 0.0313. The third-order valence-electron chi connectivity index (χ3n) is 5.98. The molecule has 5 rings (SSSR count). The third-order valence-corrected chi connectivity index (χ3v) is 5.98. The molecule has 1 amide bonds. The van der Waals surface area contributed by atoms with Crippen molar-refractivity contribution in [2.45, 2.75) is 25.0 Å². The van der Waals surface area contributed by atoms with Gasteiger partial charge in [0.05, 0.1) is 19.0 Å². The maximum Gasteiger partial charge on any atom is 0.240 e. The van der Waals surface area contributed by atoms with Crippen LogP contribution in [-0.2, 0) is 11.3 Å². The number of ether oxygens (including phenoxy) is 3. The second-order valence-corrected chi connectivity index (χ2v) is 8.04. The zero-order chi connectivity index (χ0) is 22.9. The molecule has 0 spiro atoms. The van der Waals surface area contributed by atoms with E-state index in [0.717, 1.165) is 5.69 Å². The summed E-state index contributed by atoms with van der Waals surface area (Å²) >= 11 is 0. The van der Waals surface area contributed by atoms with E-state index in [1.54, 1.807) is 18.3 Å². The zero-order valence-electron chi connectivity index (χ0n) is 18.1. The predicted octanol–water partition coefficient (Wildman–Crippen LogP) is 1.77. The summed E-state index contributed by atoms with van der Waals surface area (Å²) in [5.41, 5.74) is 7.44. The maximum atomic E-state index is 14.6. The van der Waals surface area contributed by atoms with Crippen LogP contribution in [0.15, 0.2) is 36.7 Å². The van der Waals surface area contributed by atoms with Crippen LogP contribution in [0.25, 0.3) is 10.9 Å². The molecule has 2 atom stereocenters. The van der Waals surface area contributed by atoms with E-state index in [2.05, 4.69) is 15.3 Å². The van der Waals surface area contributed by atoms with Crippen LogP contribution in [0.5, 0.6) is 17.2 Å². The van der Waals surface area contributed by atoms with E-state index in [4.69, 9.17) is 19.9 Å². The SMILES string of the molecule is COc1cc(F)c2nccc(N3C[C@H](NCc4cc5c(cn4)OCCO5)C[C@H]3C(N)=O)c2c1. The number of carbonyl (C=O) groups excluding carboxylic acids is 1. The molecule has 1 saturated heterocycles. The highest BCUT2D eigenvalue weighted by molar-refractivity contribution is 5.96. The Balaban J connectivity index is 1.38. The monoisotopic (exact) mass is 453 g/mol. The quantitative estimate of drug-likeness (QED) is 0.581. The number of pyridine rings is 2. The van der Waals surface area contributed by atoms with Crippen molar-refractivity contribution in [3.05, 3.63) is 48.2 Å². The summed E-state index contributed by atoms with van der Waals surface area (Å²) in [6, 6.07) is 6.05. The number of rotatable bonds is 6. The number of nitrogens with zero attached hydrogens (tertiary/aromatic N) is 3. The lowest BCUT2D eigenvalue weighted by atomic mass is 10.1. The second-order valence-electron chi connectivity index (χ2n) is 8.04. The zero-order valence-corrected chi connectivity index (χ0v) is 18.1. The van der Waals surface area contributed by atoms with Crippen LogP contribution >= 0.6 is 0 Å². The van der Waals surface area contributed by atoms with Crippen LogP contribution in [0.2, 0.25) is 0 Å². The number of primary amides is 1. The molecule has 10 heteroatoms. The molecular weight excluding hydrogens is 429 g/mol. The van der Waals surface area contributed by atoms with Gasteiger partial charge < -0.3 is 30.2 Å². The van der Waals surface area contributed by atoms with Gasteiger partial charge in [0, 0.05) is 48.5 Å². The maximum absolute atomic E-state index is 14.6. The van der Waals surface area contributed by atoms with E-state index in [1.807, 2.05) is 11.0 Å². The van der Waals surface area contributed by atoms with Crippen molar-refractivity contribution < 1.29 is 23.4 Å². The van der Waals surface area contributed by atoms with Gasteiger partial charge in [-0.15, -0.1) is 0 Å². The van der Waals surface area contributed by atoms with E-state index in [0.29, 0.717) is 61.0 Å². The number of halogens is 1. The van der Waals surface area contributed by atoms with Crippen LogP contribution in [0.4, 0.5) is 10.1 Å². The van der Waals surface area contributed by atoms with Crippen LogP contribution in [0.1, 0.15) is 12.1 Å². The Morgan fingerprint density at radius 1 is 1.27 bits per heavy atom. The summed E-state index contributed by atoms with van der Waals surface area (Å²) in [6.07, 6.45) is 3.70. The largest absolute Gasteiger partial charge is 0.497 e. The first-order valence-corrected chi connectivity index (χ1v) is 10.7. The molecule has 4 heterocycles. The molecule has 0 saturated carbocycles. The third kappa shape index (κ3) is 4.09. The molecule has 0 aliphatic carbocycles. The number of nitrogens with one attached hydrogen (secondary N) is 1. The van der Waals surface area contributed by atoms with Gasteiger partial charge in [-0.3, -0.25) is 14.8 Å². The van der Waals surface area contributed by atoms with Crippen LogP contribution in [-0.4, -0.2) is 54.8 Å². The van der Waals surface area contributed by atoms with Gasteiger partial charge in [0.25, 0.3) is 0 Å². The van der Waals surface area contributed by atoms with Gasteiger partial charge in [0.15, 0.2) is 17.3 Å². The molecule has 3 N–H and O–H groups in total. The summed E-state index contributed by atoms with van der Waals surface area (Å²) in [4.78, 5) is 22.8. The fourth-order valence-corrected chi connectivity index (χ4v) is 4.40. The highest BCUT2D eigenvalue weighted by Gasteiger charge is 2.36. The standard InChI is InChI=1S/C23H24FN5O4/c1-31-15-8-16-18(2-3-26-22(16)17(24)9-15)29-12-14(6-19(29)23(25)30)27-10-13-7-20-21(11-28-13)33-5-4-32-20/h2-3,7-9,11,14,19,27H,4-6,10,12H2,1H3,(H2,25,30)/t14-,19+/m1/s1. The molecule has 2 aliphatic heterocycles. The Morgan fingerprint density at radius 2 is 2.09 bits per heavy atom. The summed E-state index contributed by atoms with van der Waals surface area (Å²) in [5.74, 6) is 0.766. The number of nitrogens with two attached hydrogens (primary N) is 1. The van der Waals surface area contributed by atoms with Gasteiger partial charge in [-0.25, -0.2) is 4.39 Å². The fraction of sp³-hybridized carbons (Fsp3) is 0.348. The lowest BCUT2D eigenvalue weighted by molar-refractivity contribution is -0.119. The van der Waals surface area contributed by atoms with Gasteiger partial charge in [-0.2, -0.15) is 0 Å². The van der Waals surface area contributed by atoms with Crippen LogP contribution < -0.4 is 30.2 Å². The number of amides is 1. The van der Waals surface area contributed by atoms with Gasteiger partial charge >= 0.3 is 0 Å². The first kappa shape index (κ1) is 21.2. The molecule has 0 radical (unpaired) electrons. The van der Waals surface area contributed by atoms with Crippen LogP contribution in [0, 0.1) is 5.82 Å². The molecule has 3 aromatic rings. The topological polar surface area (TPSA) is 112 Å². The molecule has 0 unspecified atom stereocenters. The van der Waals surface area contributed by atoms with Crippen molar-refractivity contribution in [2.75, 3.05) is 31.8 Å². The normalized spacial score (nSPS) is 19.6. The molecule has 2 aromatic heterocycles. The number of methoxy groups -OCH3 is 1. The minimum atomic E-state index is -0.546. The number of benzene rings is 1. The first-order valence-electron chi connectivity index (χ1n) is 10.7. The average Bonchev–Trinajstić information content (AvgIpc) is 3.26. The first-order chi connectivity index (χ1) is 16.0. The molecule has 0 bridgehead atoms. The Kier molecular flexibility index (Phi) is 5.59. The molecule has 1 aromatic carbocycles. The van der Waals surface area contributed by atoms with Gasteiger partial charge in [-0.05, 0) is 18.6 Å². The predicted molar refractivity (Wildman–Crippen MR) is 119 cm³/mol. The van der Waals surface area contributed by atoms with Crippen molar-refractivity contribution in [3.63, 3.8) is 0 Å². The van der Waals surface area contributed by atoms with Gasteiger partial charge in [0.2, 0.25) is 5.91 Å². The van der Waals surface area contributed by atoms with Gasteiger partial charge in [0.1, 0.15) is 30.5 Å². The number of anilines is 1. The Labute approximate surface area is 189 Å². The smallest absolute Gasteiger partial charge is 0.240 e. The number of carbonyl (C=O) groups is 1. The number of fused-ring (bicyclic) bond motifs is 2. The van der Waals surface area contributed by atoms with E-state index in [1.165, 1.54) is 19.4 Å². The molecule has 9 nitrogen and oxygen atoms in total. The average molecular weight is 453 g/mol. The molecule has 2 aliphatic rings. The van der Waals surface area contributed by atoms with Crippen molar-refractivity contribution in [1.29, 1.82) is 0 Å². The Bertz CT molecular complexity index is 1210. The van der Waals surface area contributed by atoms with Crippen molar-refractivity contribution >= 4 is 22.5 Å². The highest BCUT2D eigenvalue weighted by atomic mass is 19.1. The Hall–Kier alpha value is -3.66. The molecule has 172 valence electrons. The summed E-state index contributed by atoms with van der Waals surface area (Å²) in [6.45, 7) is 2.02. The summed E-state index contributed by atoms with van der Waals surface area (Å²) in [5, 5.41) is 4.01. The fourth-order valence-electron chi connectivity index (χ4n) is 4.40. The lowest BCUT2D eigenvalue weighted by Gasteiger charge is -2.26. The summed E-state index contributed by atoms with van der Waals surface area (Å²) in [7, 11) is 1.48. The molecule has 33 heavy (non-hydrogen) atoms. The van der Waals surface area contributed by atoms with Crippen LogP contribution in [0.3, 0.4) is 0 Å². The van der Waals surface area contributed by atoms with E-state index in [9.17, 15) is 9.18 Å². The highest BCUT2D eigenvalue weighted by Crippen LogP contribution is 2.35. The Morgan fingerprint density at radius 3 is 2.88 bits per heavy atom. The van der Waals surface area contributed by atoms with E-state index < -0.39 is 17.8 Å². The summed E-state index contributed by atoms with van der Waals surface area (Å²) < 4.78 is 30.9. The van der Waals surface area contributed by atoms with E-state index in [-0.39, 0.29) is 11.6 Å². The lowest BCUT2D eigenvalue weighted by Crippen LogP contribution is -2.40. The molecular formula is C23H24FN5O4. The number of aromatic nitrogens is 2. The van der Waals surface area contributed by atoms with Crippen molar-refractivity contribution in [2.24, 2.45) is 5.73 Å². The number of hydrogen-bond acceptors (Lipinski definition) is 8. The van der Waals surface area contributed by atoms with Crippen molar-refractivity contribution in [3.8, 4) is 17.2 Å². The van der Waals surface area contributed by atoms with E-state index >= 15 is 0 Å². The minimum Gasteiger partial charge on any atom is -0.497 e.